The van der Waals surface area contributed by atoms with Crippen molar-refractivity contribution in [2.75, 3.05) is 0 Å². The van der Waals surface area contributed by atoms with Gasteiger partial charge in [-0.2, -0.15) is 5.10 Å². The van der Waals surface area contributed by atoms with Crippen LogP contribution in [0, 0.1) is 17.0 Å². The largest absolute Gasteiger partial charge is 0.287 e. The topological polar surface area (TPSA) is 153 Å². The second kappa shape index (κ2) is 8.65. The van der Waals surface area contributed by atoms with E-state index in [4.69, 9.17) is 11.6 Å². The number of benzene rings is 2. The van der Waals surface area contributed by atoms with Crippen LogP contribution >= 0.6 is 11.6 Å². The normalized spacial score (nSPS) is 11.7. The van der Waals surface area contributed by atoms with Crippen molar-refractivity contribution >= 4 is 44.0 Å². The molecule has 0 unspecified atom stereocenters. The zero-order valence-corrected chi connectivity index (χ0v) is 18.7. The third kappa shape index (κ3) is 4.33. The zero-order valence-electron chi connectivity index (χ0n) is 17.1. The van der Waals surface area contributed by atoms with E-state index in [9.17, 15) is 28.1 Å². The summed E-state index contributed by atoms with van der Waals surface area (Å²) in [7, 11) is -4.41. The number of sulfonamides is 1. The molecule has 2 N–H and O–H groups in total. The summed E-state index contributed by atoms with van der Waals surface area (Å²) in [6.45, 7) is 4.80. The molecular formula is C19H18ClN5O6S. The predicted molar refractivity (Wildman–Crippen MR) is 117 cm³/mol. The fraction of sp³-hybridized carbons (Fsp3) is 0.211. The van der Waals surface area contributed by atoms with Crippen molar-refractivity contribution in [2.24, 2.45) is 0 Å². The van der Waals surface area contributed by atoms with Gasteiger partial charge in [-0.15, -0.1) is 4.83 Å². The van der Waals surface area contributed by atoms with Gasteiger partial charge in [-0.1, -0.05) is 29.8 Å². The molecule has 3 rings (SSSR count). The molecule has 0 radical (unpaired) electrons. The lowest BCUT2D eigenvalue weighted by Crippen LogP contribution is -2.42. The molecule has 1 amide bonds. The number of nitrogens with one attached hydrogen (secondary N) is 2. The van der Waals surface area contributed by atoms with Crippen LogP contribution in [0.25, 0.3) is 10.8 Å². The number of nitro benzene ring substituents is 1. The fourth-order valence-electron chi connectivity index (χ4n) is 2.94. The lowest BCUT2D eigenvalue weighted by Gasteiger charge is -2.14. The highest BCUT2D eigenvalue weighted by Gasteiger charge is 2.24. The molecule has 1 heterocycles. The second-order valence-corrected chi connectivity index (χ2v) is 9.19. The van der Waals surface area contributed by atoms with Crippen LogP contribution in [0.15, 0.2) is 46.1 Å². The van der Waals surface area contributed by atoms with Gasteiger partial charge >= 0.3 is 0 Å². The predicted octanol–water partition coefficient (Wildman–Crippen LogP) is 2.47. The van der Waals surface area contributed by atoms with Gasteiger partial charge in [-0.05, 0) is 32.9 Å². The van der Waals surface area contributed by atoms with Crippen molar-refractivity contribution in [3.8, 4) is 0 Å². The molecule has 0 aliphatic heterocycles. The summed E-state index contributed by atoms with van der Waals surface area (Å²) in [5, 5.41) is 15.6. The third-order valence-corrected chi connectivity index (χ3v) is 6.25. The molecule has 1 aromatic heterocycles. The first kappa shape index (κ1) is 23.3. The average molecular weight is 480 g/mol. The monoisotopic (exact) mass is 479 g/mol. The van der Waals surface area contributed by atoms with E-state index in [0.29, 0.717) is 0 Å². The number of halogens is 1. The molecular weight excluding hydrogens is 462 g/mol. The molecule has 0 aliphatic carbocycles. The average Bonchev–Trinajstić information content (AvgIpc) is 2.73. The summed E-state index contributed by atoms with van der Waals surface area (Å²) in [4.78, 5) is 37.1. The van der Waals surface area contributed by atoms with E-state index in [1.54, 1.807) is 26.0 Å². The Morgan fingerprint density at radius 3 is 2.44 bits per heavy atom. The van der Waals surface area contributed by atoms with E-state index in [-0.39, 0.29) is 33.1 Å². The van der Waals surface area contributed by atoms with Crippen LogP contribution in [0.3, 0.4) is 0 Å². The van der Waals surface area contributed by atoms with Crippen LogP contribution in [0.2, 0.25) is 5.02 Å². The van der Waals surface area contributed by atoms with Gasteiger partial charge in [-0.3, -0.25) is 25.1 Å². The Balaban J connectivity index is 1.97. The molecule has 3 aromatic rings. The quantitative estimate of drug-likeness (QED) is 0.406. The van der Waals surface area contributed by atoms with E-state index in [1.807, 2.05) is 10.3 Å². The first-order chi connectivity index (χ1) is 14.9. The highest BCUT2D eigenvalue weighted by atomic mass is 35.5. The smallest absolute Gasteiger partial charge is 0.272 e. The van der Waals surface area contributed by atoms with Gasteiger partial charge in [0, 0.05) is 17.0 Å². The maximum atomic E-state index is 12.8. The Morgan fingerprint density at radius 2 is 1.84 bits per heavy atom. The van der Waals surface area contributed by atoms with E-state index >= 15 is 0 Å². The molecule has 13 heteroatoms. The number of hydrogen-bond donors (Lipinski definition) is 2. The van der Waals surface area contributed by atoms with Crippen LogP contribution in [0.1, 0.15) is 35.9 Å². The van der Waals surface area contributed by atoms with Gasteiger partial charge < -0.3 is 0 Å². The molecule has 0 saturated heterocycles. The summed E-state index contributed by atoms with van der Waals surface area (Å²) in [5.41, 5.74) is 1.08. The van der Waals surface area contributed by atoms with E-state index in [2.05, 4.69) is 5.10 Å². The van der Waals surface area contributed by atoms with Gasteiger partial charge in [0.15, 0.2) is 5.69 Å². The number of carbonyl (C=O) groups excluding carboxylic acids is 1. The van der Waals surface area contributed by atoms with Gasteiger partial charge in [0.25, 0.3) is 27.2 Å². The van der Waals surface area contributed by atoms with Gasteiger partial charge in [0.05, 0.1) is 26.3 Å². The summed E-state index contributed by atoms with van der Waals surface area (Å²) < 4.78 is 26.4. The van der Waals surface area contributed by atoms with Gasteiger partial charge in [-0.25, -0.2) is 13.1 Å². The van der Waals surface area contributed by atoms with E-state index in [1.165, 1.54) is 19.1 Å². The van der Waals surface area contributed by atoms with Gasteiger partial charge in [0.1, 0.15) is 0 Å². The summed E-state index contributed by atoms with van der Waals surface area (Å²) in [6, 6.07) is 7.80. The highest BCUT2D eigenvalue weighted by Crippen LogP contribution is 2.29. The third-order valence-electron chi connectivity index (χ3n) is 4.63. The molecule has 32 heavy (non-hydrogen) atoms. The summed E-state index contributed by atoms with van der Waals surface area (Å²) in [5.74, 6) is -0.924. The number of hydrazine groups is 1. The lowest BCUT2D eigenvalue weighted by atomic mass is 10.1. The van der Waals surface area contributed by atoms with Crippen molar-refractivity contribution in [1.82, 2.24) is 20.0 Å². The Morgan fingerprint density at radius 1 is 1.22 bits per heavy atom. The SMILES string of the molecule is Cc1c(Cl)cc(S(=O)(=O)NNC(=O)c2nn(C(C)C)c(=O)c3ccccc23)cc1[N+](=O)[O-]. The summed E-state index contributed by atoms with van der Waals surface area (Å²) >= 11 is 5.93. The Kier molecular flexibility index (Phi) is 6.30. The van der Waals surface area contributed by atoms with Crippen molar-refractivity contribution < 1.29 is 18.1 Å². The van der Waals surface area contributed by atoms with Crippen molar-refractivity contribution in [3.63, 3.8) is 0 Å². The molecule has 0 fully saturated rings. The Hall–Kier alpha value is -3.35. The fourth-order valence-corrected chi connectivity index (χ4v) is 4.10. The minimum Gasteiger partial charge on any atom is -0.272 e. The van der Waals surface area contributed by atoms with E-state index in [0.717, 1.165) is 16.8 Å². The first-order valence-corrected chi connectivity index (χ1v) is 11.1. The number of carbonyl (C=O) groups is 1. The van der Waals surface area contributed by atoms with Crippen LogP contribution in [0.5, 0.6) is 0 Å². The minimum atomic E-state index is -4.41. The standard InChI is InChI=1S/C19H18ClN5O6S/c1-10(2)24-19(27)14-7-5-4-6-13(14)17(22-24)18(26)21-23-32(30,31)12-8-15(20)11(3)16(9-12)25(28)29/h4-10,23H,1-3H3,(H,21,26). The minimum absolute atomic E-state index is 0.103. The number of nitro groups is 1. The number of rotatable bonds is 6. The number of nitrogens with zero attached hydrogens (tertiary/aromatic N) is 3. The number of aromatic nitrogens is 2. The van der Waals surface area contributed by atoms with E-state index < -0.39 is 37.0 Å². The molecule has 0 atom stereocenters. The Labute approximate surface area is 187 Å². The summed E-state index contributed by atoms with van der Waals surface area (Å²) in [6.07, 6.45) is 0. The molecule has 0 bridgehead atoms. The van der Waals surface area contributed by atoms with Crippen LogP contribution in [0.4, 0.5) is 5.69 Å². The molecule has 168 valence electrons. The van der Waals surface area contributed by atoms with Crippen LogP contribution < -0.4 is 15.8 Å². The number of amides is 1. The maximum absolute atomic E-state index is 12.8. The molecule has 0 saturated carbocycles. The zero-order chi connectivity index (χ0) is 23.8. The molecule has 0 aliphatic rings. The molecule has 11 nitrogen and oxygen atoms in total. The van der Waals surface area contributed by atoms with Crippen molar-refractivity contribution in [2.45, 2.75) is 31.7 Å². The first-order valence-electron chi connectivity index (χ1n) is 9.22. The lowest BCUT2D eigenvalue weighted by molar-refractivity contribution is -0.385. The Bertz CT molecular complexity index is 1420. The van der Waals surface area contributed by atoms with Crippen LogP contribution in [-0.4, -0.2) is 29.0 Å². The number of fused-ring (bicyclic) bond motifs is 1. The molecule has 2 aromatic carbocycles. The maximum Gasteiger partial charge on any atom is 0.287 e. The van der Waals surface area contributed by atoms with Crippen molar-refractivity contribution in [1.29, 1.82) is 0 Å². The van der Waals surface area contributed by atoms with Crippen LogP contribution in [-0.2, 0) is 10.0 Å². The van der Waals surface area contributed by atoms with Gasteiger partial charge in [0.2, 0.25) is 0 Å². The highest BCUT2D eigenvalue weighted by molar-refractivity contribution is 7.89. The second-order valence-electron chi connectivity index (χ2n) is 7.10. The molecule has 0 spiro atoms. The van der Waals surface area contributed by atoms with Crippen molar-refractivity contribution in [3.05, 3.63) is 73.1 Å². The number of hydrogen-bond acceptors (Lipinski definition) is 7.